The second-order valence-corrected chi connectivity index (χ2v) is 4.50. The first-order chi connectivity index (χ1) is 9.17. The Bertz CT molecular complexity index is 772. The summed E-state index contributed by atoms with van der Waals surface area (Å²) in [5.74, 6) is 0.139. The van der Waals surface area contributed by atoms with Gasteiger partial charge in [0.25, 0.3) is 0 Å². The minimum atomic E-state index is -0.433. The second-order valence-electron chi connectivity index (χ2n) is 4.50. The summed E-state index contributed by atoms with van der Waals surface area (Å²) in [7, 11) is 0. The lowest BCUT2D eigenvalue weighted by molar-refractivity contribution is 0.112. The molecular weight excluding hydrogens is 243 g/mol. The zero-order chi connectivity index (χ0) is 13.4. The molecule has 0 spiro atoms. The molecule has 0 bridgehead atoms. The first-order valence-corrected chi connectivity index (χ1v) is 5.93. The van der Waals surface area contributed by atoms with Crippen LogP contribution in [0.2, 0.25) is 0 Å². The van der Waals surface area contributed by atoms with Crippen LogP contribution in [-0.2, 0) is 0 Å². The zero-order valence-corrected chi connectivity index (χ0v) is 10.3. The van der Waals surface area contributed by atoms with Crippen LogP contribution in [0.3, 0.4) is 0 Å². The van der Waals surface area contributed by atoms with Gasteiger partial charge in [-0.3, -0.25) is 4.79 Å². The summed E-state index contributed by atoms with van der Waals surface area (Å²) in [4.78, 5) is 11.0. The van der Waals surface area contributed by atoms with E-state index in [1.165, 1.54) is 12.1 Å². The van der Waals surface area contributed by atoms with Crippen LogP contribution >= 0.6 is 0 Å². The minimum Gasteiger partial charge on any atom is -0.456 e. The number of rotatable bonds is 2. The van der Waals surface area contributed by atoms with Crippen LogP contribution in [0.25, 0.3) is 22.3 Å². The van der Waals surface area contributed by atoms with Crippen LogP contribution in [0.15, 0.2) is 46.9 Å². The minimum absolute atomic E-state index is 0.288. The highest BCUT2D eigenvalue weighted by Gasteiger charge is 2.11. The van der Waals surface area contributed by atoms with Crippen molar-refractivity contribution in [2.75, 3.05) is 0 Å². The van der Waals surface area contributed by atoms with E-state index in [2.05, 4.69) is 0 Å². The Kier molecular flexibility index (Phi) is 2.67. The number of carbonyl (C=O) groups is 1. The van der Waals surface area contributed by atoms with Crippen LogP contribution in [0, 0.1) is 12.7 Å². The van der Waals surface area contributed by atoms with Gasteiger partial charge in [-0.2, -0.15) is 0 Å². The van der Waals surface area contributed by atoms with Crippen LogP contribution < -0.4 is 0 Å². The lowest BCUT2D eigenvalue weighted by Gasteiger charge is -2.00. The van der Waals surface area contributed by atoms with Crippen molar-refractivity contribution in [1.29, 1.82) is 0 Å². The number of carbonyl (C=O) groups excluding carboxylic acids is 1. The Hall–Kier alpha value is -2.42. The third-order valence-electron chi connectivity index (χ3n) is 3.08. The molecule has 0 aliphatic heterocycles. The molecule has 19 heavy (non-hydrogen) atoms. The maximum Gasteiger partial charge on any atom is 0.150 e. The number of hydrogen-bond acceptors (Lipinski definition) is 2. The second kappa shape index (κ2) is 4.35. The highest BCUT2D eigenvalue weighted by atomic mass is 19.1. The normalized spacial score (nSPS) is 10.8. The number of fused-ring (bicyclic) bond motifs is 1. The molecule has 2 aromatic carbocycles. The Morgan fingerprint density at radius 3 is 2.74 bits per heavy atom. The van der Waals surface area contributed by atoms with Gasteiger partial charge in [-0.15, -0.1) is 0 Å². The van der Waals surface area contributed by atoms with E-state index in [0.29, 0.717) is 17.6 Å². The molecule has 94 valence electrons. The van der Waals surface area contributed by atoms with E-state index < -0.39 is 5.82 Å². The van der Waals surface area contributed by atoms with Gasteiger partial charge in [0.05, 0.1) is 0 Å². The van der Waals surface area contributed by atoms with Gasteiger partial charge < -0.3 is 4.42 Å². The summed E-state index contributed by atoms with van der Waals surface area (Å²) >= 11 is 0. The fourth-order valence-corrected chi connectivity index (χ4v) is 2.15. The van der Waals surface area contributed by atoms with Crippen LogP contribution in [-0.4, -0.2) is 6.29 Å². The number of hydrogen-bond donors (Lipinski definition) is 0. The van der Waals surface area contributed by atoms with Gasteiger partial charge in [-0.05, 0) is 43.3 Å². The van der Waals surface area contributed by atoms with Crippen molar-refractivity contribution in [3.63, 3.8) is 0 Å². The molecule has 0 radical (unpaired) electrons. The Morgan fingerprint density at radius 2 is 1.95 bits per heavy atom. The summed E-state index contributed by atoms with van der Waals surface area (Å²) in [6, 6.07) is 11.8. The Morgan fingerprint density at radius 1 is 1.11 bits per heavy atom. The SMILES string of the molecule is Cc1ccc2oc(-c3ccc(F)cc3C=O)cc2c1. The van der Waals surface area contributed by atoms with E-state index in [0.717, 1.165) is 16.5 Å². The van der Waals surface area contributed by atoms with E-state index >= 15 is 0 Å². The van der Waals surface area contributed by atoms with Crippen LogP contribution in [0.4, 0.5) is 4.39 Å². The monoisotopic (exact) mass is 254 g/mol. The Balaban J connectivity index is 2.21. The van der Waals surface area contributed by atoms with Crippen molar-refractivity contribution < 1.29 is 13.6 Å². The van der Waals surface area contributed by atoms with E-state index in [-0.39, 0.29) is 5.56 Å². The van der Waals surface area contributed by atoms with E-state index in [9.17, 15) is 9.18 Å². The molecule has 0 amide bonds. The largest absolute Gasteiger partial charge is 0.456 e. The smallest absolute Gasteiger partial charge is 0.150 e. The van der Waals surface area contributed by atoms with Crippen molar-refractivity contribution in [2.45, 2.75) is 6.92 Å². The number of benzene rings is 2. The van der Waals surface area contributed by atoms with Crippen LogP contribution in [0.1, 0.15) is 15.9 Å². The molecule has 3 rings (SSSR count). The molecule has 0 N–H and O–H groups in total. The predicted octanol–water partition coefficient (Wildman–Crippen LogP) is 4.36. The Labute approximate surface area is 109 Å². The molecule has 0 atom stereocenters. The number of aryl methyl sites for hydroxylation is 1. The lowest BCUT2D eigenvalue weighted by atomic mass is 10.1. The van der Waals surface area contributed by atoms with E-state index in [4.69, 9.17) is 4.42 Å². The van der Waals surface area contributed by atoms with Gasteiger partial charge in [0.1, 0.15) is 17.2 Å². The third kappa shape index (κ3) is 2.03. The van der Waals surface area contributed by atoms with Crippen molar-refractivity contribution in [2.24, 2.45) is 0 Å². The standard InChI is InChI=1S/C16H11FO2/c1-10-2-5-15-11(6-10)8-16(19-15)14-4-3-13(17)7-12(14)9-18/h2-9H,1H3. The molecule has 0 saturated heterocycles. The summed E-state index contributed by atoms with van der Waals surface area (Å²) in [5.41, 5.74) is 2.78. The molecule has 0 aliphatic carbocycles. The lowest BCUT2D eigenvalue weighted by Crippen LogP contribution is -1.87. The summed E-state index contributed by atoms with van der Waals surface area (Å²) in [6.07, 6.45) is 0.636. The van der Waals surface area contributed by atoms with Gasteiger partial charge in [-0.25, -0.2) is 4.39 Å². The molecule has 0 aliphatic rings. The first kappa shape index (κ1) is 11.7. The van der Waals surface area contributed by atoms with Crippen LogP contribution in [0.5, 0.6) is 0 Å². The molecule has 0 saturated carbocycles. The highest BCUT2D eigenvalue weighted by molar-refractivity contribution is 5.90. The molecule has 1 heterocycles. The fourth-order valence-electron chi connectivity index (χ4n) is 2.15. The summed E-state index contributed by atoms with van der Waals surface area (Å²) in [6.45, 7) is 2.00. The van der Waals surface area contributed by atoms with Gasteiger partial charge >= 0.3 is 0 Å². The quantitative estimate of drug-likeness (QED) is 0.636. The predicted molar refractivity (Wildman–Crippen MR) is 71.7 cm³/mol. The van der Waals surface area contributed by atoms with Crippen molar-refractivity contribution in [3.05, 3.63) is 59.4 Å². The first-order valence-electron chi connectivity index (χ1n) is 5.93. The average molecular weight is 254 g/mol. The number of furan rings is 1. The number of aldehydes is 1. The van der Waals surface area contributed by atoms with E-state index in [1.54, 1.807) is 6.07 Å². The molecule has 1 aromatic heterocycles. The fraction of sp³-hybridized carbons (Fsp3) is 0.0625. The maximum absolute atomic E-state index is 13.1. The molecule has 0 fully saturated rings. The summed E-state index contributed by atoms with van der Waals surface area (Å²) in [5, 5.41) is 0.969. The topological polar surface area (TPSA) is 30.2 Å². The van der Waals surface area contributed by atoms with Gasteiger partial charge in [0.15, 0.2) is 6.29 Å². The van der Waals surface area contributed by atoms with Gasteiger partial charge in [0.2, 0.25) is 0 Å². The number of halogens is 1. The highest BCUT2D eigenvalue weighted by Crippen LogP contribution is 2.30. The van der Waals surface area contributed by atoms with E-state index in [1.807, 2.05) is 31.2 Å². The molecule has 3 aromatic rings. The maximum atomic E-state index is 13.1. The van der Waals surface area contributed by atoms with Gasteiger partial charge in [0, 0.05) is 16.5 Å². The molecule has 2 nitrogen and oxygen atoms in total. The summed E-state index contributed by atoms with van der Waals surface area (Å²) < 4.78 is 18.8. The zero-order valence-electron chi connectivity index (χ0n) is 10.3. The van der Waals surface area contributed by atoms with Gasteiger partial charge in [-0.1, -0.05) is 11.6 Å². The third-order valence-corrected chi connectivity index (χ3v) is 3.08. The molecule has 0 unspecified atom stereocenters. The van der Waals surface area contributed by atoms with Crippen molar-refractivity contribution in [1.82, 2.24) is 0 Å². The van der Waals surface area contributed by atoms with Crippen molar-refractivity contribution >= 4 is 17.3 Å². The van der Waals surface area contributed by atoms with Crippen molar-refractivity contribution in [3.8, 4) is 11.3 Å². The average Bonchev–Trinajstić information content (AvgIpc) is 2.81. The molecular formula is C16H11FO2. The molecule has 3 heteroatoms.